The van der Waals surface area contributed by atoms with Crippen LogP contribution in [-0.4, -0.2) is 55.0 Å². The first-order chi connectivity index (χ1) is 9.31. The number of piperidine rings is 1. The Morgan fingerprint density at radius 1 is 1.25 bits per heavy atom. The number of carbonyl (C=O) groups excluding carboxylic acids is 2. The first kappa shape index (κ1) is 16.5. The molecular weight excluding hydrogens is 260 g/mol. The van der Waals surface area contributed by atoms with Gasteiger partial charge in [0.1, 0.15) is 5.60 Å². The largest absolute Gasteiger partial charge is 0.469 e. The average molecular weight is 284 g/mol. The first-order valence-corrected chi connectivity index (χ1v) is 6.89. The van der Waals surface area contributed by atoms with E-state index in [1.54, 1.807) is 4.90 Å². The lowest BCUT2D eigenvalue weighted by molar-refractivity contribution is -0.140. The van der Waals surface area contributed by atoms with Gasteiger partial charge in [0.05, 0.1) is 13.5 Å². The van der Waals surface area contributed by atoms with Crippen LogP contribution in [0.5, 0.6) is 0 Å². The lowest BCUT2D eigenvalue weighted by Gasteiger charge is -2.30. The quantitative estimate of drug-likeness (QED) is 0.744. The molecule has 0 aromatic rings. The molecule has 0 spiro atoms. The van der Waals surface area contributed by atoms with E-state index in [1.807, 2.05) is 20.8 Å². The lowest BCUT2D eigenvalue weighted by atomic mass is 10.1. The topological polar surface area (TPSA) is 68.2 Å². The number of methoxy groups -OCH3 is 1. The molecule has 6 nitrogen and oxygen atoms in total. The molecule has 0 aromatic heterocycles. The molecule has 1 fully saturated rings. The van der Waals surface area contributed by atoms with Gasteiger partial charge >= 0.3 is 12.1 Å². The molecule has 1 saturated heterocycles. The number of ether oxygens (including phenoxy) is 2. The predicted molar refractivity (Wildman–Crippen MR) is 76.0 cm³/mol. The molecule has 6 heteroatoms. The van der Waals surface area contributed by atoms with Crippen molar-refractivity contribution in [1.29, 1.82) is 0 Å². The SMILES string of the molecule is COC(=O)CCN=C1CCN(C(=O)OC(C)(C)C)CC1. The van der Waals surface area contributed by atoms with E-state index in [0.717, 1.165) is 18.6 Å². The maximum absolute atomic E-state index is 11.9. The van der Waals surface area contributed by atoms with E-state index in [9.17, 15) is 9.59 Å². The Balaban J connectivity index is 2.34. The van der Waals surface area contributed by atoms with E-state index in [4.69, 9.17) is 4.74 Å². The van der Waals surface area contributed by atoms with Gasteiger partial charge in [-0.3, -0.25) is 9.79 Å². The Labute approximate surface area is 120 Å². The monoisotopic (exact) mass is 284 g/mol. The second-order valence-electron chi connectivity index (χ2n) is 5.74. The molecule has 0 bridgehead atoms. The van der Waals surface area contributed by atoms with Gasteiger partial charge in [0.2, 0.25) is 0 Å². The van der Waals surface area contributed by atoms with Gasteiger partial charge in [-0.15, -0.1) is 0 Å². The van der Waals surface area contributed by atoms with Crippen LogP contribution in [-0.2, 0) is 14.3 Å². The molecule has 1 aliphatic rings. The van der Waals surface area contributed by atoms with Crippen LogP contribution in [0.25, 0.3) is 0 Å². The zero-order valence-corrected chi connectivity index (χ0v) is 12.8. The van der Waals surface area contributed by atoms with Crippen molar-refractivity contribution in [2.24, 2.45) is 4.99 Å². The molecule has 0 N–H and O–H groups in total. The number of aliphatic imine (C=N–C) groups is 1. The maximum atomic E-state index is 11.9. The zero-order valence-electron chi connectivity index (χ0n) is 12.8. The second kappa shape index (κ2) is 7.26. The number of hydrogen-bond donors (Lipinski definition) is 0. The smallest absolute Gasteiger partial charge is 0.410 e. The van der Waals surface area contributed by atoms with Gasteiger partial charge in [-0.1, -0.05) is 0 Å². The molecule has 0 aromatic carbocycles. The van der Waals surface area contributed by atoms with E-state index in [2.05, 4.69) is 9.73 Å². The summed E-state index contributed by atoms with van der Waals surface area (Å²) >= 11 is 0. The number of hydrogen-bond acceptors (Lipinski definition) is 5. The van der Waals surface area contributed by atoms with E-state index >= 15 is 0 Å². The summed E-state index contributed by atoms with van der Waals surface area (Å²) in [7, 11) is 1.37. The van der Waals surface area contributed by atoms with E-state index in [0.29, 0.717) is 26.1 Å². The van der Waals surface area contributed by atoms with Crippen LogP contribution < -0.4 is 0 Å². The molecule has 1 heterocycles. The third-order valence-corrected chi connectivity index (χ3v) is 2.87. The van der Waals surface area contributed by atoms with Crippen LogP contribution in [0.2, 0.25) is 0 Å². The van der Waals surface area contributed by atoms with Gasteiger partial charge < -0.3 is 14.4 Å². The molecule has 0 radical (unpaired) electrons. The molecule has 0 unspecified atom stereocenters. The maximum Gasteiger partial charge on any atom is 0.410 e. The van der Waals surface area contributed by atoms with Crippen molar-refractivity contribution in [1.82, 2.24) is 4.90 Å². The van der Waals surface area contributed by atoms with Crippen LogP contribution in [0, 0.1) is 0 Å². The summed E-state index contributed by atoms with van der Waals surface area (Å²) in [4.78, 5) is 28.9. The summed E-state index contributed by atoms with van der Waals surface area (Å²) in [6.07, 6.45) is 1.50. The highest BCUT2D eigenvalue weighted by atomic mass is 16.6. The van der Waals surface area contributed by atoms with Gasteiger partial charge in [0.15, 0.2) is 0 Å². The summed E-state index contributed by atoms with van der Waals surface area (Å²) in [6.45, 7) is 7.25. The van der Waals surface area contributed by atoms with Gasteiger partial charge in [-0.2, -0.15) is 0 Å². The van der Waals surface area contributed by atoms with Crippen LogP contribution in [0.4, 0.5) is 4.79 Å². The third-order valence-electron chi connectivity index (χ3n) is 2.87. The number of amides is 1. The van der Waals surface area contributed by atoms with Crippen LogP contribution >= 0.6 is 0 Å². The zero-order chi connectivity index (χ0) is 15.2. The number of esters is 1. The van der Waals surface area contributed by atoms with Crippen molar-refractivity contribution in [2.45, 2.75) is 45.6 Å². The number of rotatable bonds is 3. The Bertz CT molecular complexity index is 375. The van der Waals surface area contributed by atoms with Crippen LogP contribution in [0.1, 0.15) is 40.0 Å². The third kappa shape index (κ3) is 6.04. The normalized spacial score (nSPS) is 15.8. The van der Waals surface area contributed by atoms with Crippen LogP contribution in [0.15, 0.2) is 4.99 Å². The minimum absolute atomic E-state index is 0.249. The first-order valence-electron chi connectivity index (χ1n) is 6.89. The van der Waals surface area contributed by atoms with Crippen molar-refractivity contribution in [2.75, 3.05) is 26.7 Å². The molecule has 1 aliphatic heterocycles. The summed E-state index contributed by atoms with van der Waals surface area (Å²) in [5.74, 6) is -0.249. The number of nitrogens with zero attached hydrogens (tertiary/aromatic N) is 2. The summed E-state index contributed by atoms with van der Waals surface area (Å²) in [5, 5.41) is 0. The standard InChI is InChI=1S/C14H24N2O4/c1-14(2,3)20-13(18)16-9-6-11(7-10-16)15-8-5-12(17)19-4/h5-10H2,1-4H3. The molecule has 0 aliphatic carbocycles. The highest BCUT2D eigenvalue weighted by Gasteiger charge is 2.24. The fourth-order valence-corrected chi connectivity index (χ4v) is 1.84. The van der Waals surface area contributed by atoms with Crippen molar-refractivity contribution in [3.8, 4) is 0 Å². The molecule has 0 atom stereocenters. The van der Waals surface area contributed by atoms with Gasteiger partial charge in [0.25, 0.3) is 0 Å². The van der Waals surface area contributed by atoms with Crippen molar-refractivity contribution >= 4 is 17.8 Å². The van der Waals surface area contributed by atoms with Gasteiger partial charge in [-0.05, 0) is 20.8 Å². The lowest BCUT2D eigenvalue weighted by Crippen LogP contribution is -2.41. The van der Waals surface area contributed by atoms with Crippen molar-refractivity contribution in [3.63, 3.8) is 0 Å². The molecule has 0 saturated carbocycles. The van der Waals surface area contributed by atoms with Crippen LogP contribution in [0.3, 0.4) is 0 Å². The highest BCUT2D eigenvalue weighted by molar-refractivity contribution is 5.87. The Kier molecular flexibility index (Phi) is 5.98. The minimum atomic E-state index is -0.466. The van der Waals surface area contributed by atoms with Crippen molar-refractivity contribution < 1.29 is 19.1 Å². The molecule has 1 rings (SSSR count). The number of carbonyl (C=O) groups is 2. The minimum Gasteiger partial charge on any atom is -0.469 e. The van der Waals surface area contributed by atoms with Crippen molar-refractivity contribution in [3.05, 3.63) is 0 Å². The summed E-state index contributed by atoms with van der Waals surface area (Å²) in [6, 6.07) is 0. The molecular formula is C14H24N2O4. The summed E-state index contributed by atoms with van der Waals surface area (Å²) < 4.78 is 9.88. The highest BCUT2D eigenvalue weighted by Crippen LogP contribution is 2.14. The Morgan fingerprint density at radius 2 is 1.85 bits per heavy atom. The molecule has 20 heavy (non-hydrogen) atoms. The Hall–Kier alpha value is -1.59. The fourth-order valence-electron chi connectivity index (χ4n) is 1.84. The second-order valence-corrected chi connectivity index (χ2v) is 5.74. The predicted octanol–water partition coefficient (Wildman–Crippen LogP) is 2.02. The van der Waals surface area contributed by atoms with E-state index < -0.39 is 5.60 Å². The summed E-state index contributed by atoms with van der Waals surface area (Å²) in [5.41, 5.74) is 0.583. The Morgan fingerprint density at radius 3 is 2.35 bits per heavy atom. The van der Waals surface area contributed by atoms with Gasteiger partial charge in [0, 0.05) is 38.2 Å². The van der Waals surface area contributed by atoms with E-state index in [-0.39, 0.29) is 12.1 Å². The van der Waals surface area contributed by atoms with E-state index in [1.165, 1.54) is 7.11 Å². The fraction of sp³-hybridized carbons (Fsp3) is 0.786. The number of likely N-dealkylation sites (tertiary alicyclic amines) is 1. The average Bonchev–Trinajstić information content (AvgIpc) is 2.37. The molecule has 114 valence electrons. The van der Waals surface area contributed by atoms with Gasteiger partial charge in [-0.25, -0.2) is 4.79 Å². The molecule has 1 amide bonds.